The van der Waals surface area contributed by atoms with Crippen molar-refractivity contribution < 1.29 is 37.0 Å². The number of rotatable bonds is 16. The molecule has 13 heteroatoms. The van der Waals surface area contributed by atoms with Crippen LogP contribution in [0.4, 0.5) is 5.69 Å². The van der Waals surface area contributed by atoms with Crippen LogP contribution in [0.2, 0.25) is 0 Å². The average molecular weight is 707 g/mol. The van der Waals surface area contributed by atoms with Crippen LogP contribution in [-0.4, -0.2) is 72.7 Å². The molecule has 0 bridgehead atoms. The van der Waals surface area contributed by atoms with Crippen LogP contribution in [0.3, 0.4) is 0 Å². The number of nitrogens with zero attached hydrogens (tertiary/aromatic N) is 2. The van der Waals surface area contributed by atoms with Crippen LogP contribution in [0, 0.1) is 0 Å². The summed E-state index contributed by atoms with van der Waals surface area (Å²) < 4.78 is 52.1. The van der Waals surface area contributed by atoms with Gasteiger partial charge < -0.3 is 29.2 Å². The third-order valence-electron chi connectivity index (χ3n) is 7.12. The Kier molecular flexibility index (Phi) is 12.9. The van der Waals surface area contributed by atoms with Gasteiger partial charge in [-0.2, -0.15) is 0 Å². The summed E-state index contributed by atoms with van der Waals surface area (Å²) in [6.45, 7) is 3.50. The molecule has 0 fully saturated rings. The molecule has 3 aromatic rings. The van der Waals surface area contributed by atoms with Gasteiger partial charge in [0.2, 0.25) is 11.8 Å². The van der Waals surface area contributed by atoms with Gasteiger partial charge in [0, 0.05) is 29.7 Å². The summed E-state index contributed by atoms with van der Waals surface area (Å²) in [7, 11) is 1.25. The number of benzene rings is 3. The summed E-state index contributed by atoms with van der Waals surface area (Å²) >= 11 is 3.46. The lowest BCUT2D eigenvalue weighted by atomic mass is 10.1. The molecular weight excluding hydrogens is 666 g/mol. The Labute approximate surface area is 273 Å². The quantitative estimate of drug-likeness (QED) is 0.206. The van der Waals surface area contributed by atoms with Crippen LogP contribution in [0.25, 0.3) is 0 Å². The number of unbranched alkanes of at least 4 members (excludes halogenated alkanes) is 1. The summed E-state index contributed by atoms with van der Waals surface area (Å²) in [5.74, 6) is 0.108. The molecule has 244 valence electrons. The molecule has 0 aromatic heterocycles. The Balaban J connectivity index is 2.15. The standard InChI is InChI=1S/C32H40BrN3O8S/c1-7-8-16-34-32(38)22(2)35(20-23-10-9-11-24(33)17-23)31(37)21-36(27-18-25(41-3)12-14-28(27)42-4)45(39,40)26-13-15-29(43-5)30(19-26)44-6/h9-15,17-19,22H,7-8,16,20-21H2,1-6H3,(H,34,38)/t22-/m0/s1. The second-order valence-corrected chi connectivity index (χ2v) is 12.8. The van der Waals surface area contributed by atoms with E-state index < -0.39 is 28.5 Å². The molecule has 11 nitrogen and oxygen atoms in total. The maximum Gasteiger partial charge on any atom is 0.265 e. The normalized spacial score (nSPS) is 11.7. The fourth-order valence-corrected chi connectivity index (χ4v) is 6.44. The van der Waals surface area contributed by atoms with Crippen LogP contribution < -0.4 is 28.6 Å². The number of anilines is 1. The number of carbonyl (C=O) groups excluding carboxylic acids is 2. The molecule has 1 atom stereocenters. The van der Waals surface area contributed by atoms with Crippen LogP contribution in [0.1, 0.15) is 32.3 Å². The molecule has 0 aliphatic carbocycles. The minimum atomic E-state index is -4.43. The minimum Gasteiger partial charge on any atom is -0.497 e. The number of halogens is 1. The Morgan fingerprint density at radius 3 is 2.20 bits per heavy atom. The molecule has 0 spiro atoms. The maximum absolute atomic E-state index is 14.4. The number of amides is 2. The van der Waals surface area contributed by atoms with E-state index in [9.17, 15) is 18.0 Å². The van der Waals surface area contributed by atoms with Crippen molar-refractivity contribution in [2.75, 3.05) is 45.8 Å². The van der Waals surface area contributed by atoms with Gasteiger partial charge in [0.15, 0.2) is 11.5 Å². The summed E-state index contributed by atoms with van der Waals surface area (Å²) in [5.41, 5.74) is 0.821. The topological polar surface area (TPSA) is 124 Å². The van der Waals surface area contributed by atoms with Gasteiger partial charge in [0.1, 0.15) is 24.1 Å². The van der Waals surface area contributed by atoms with E-state index >= 15 is 0 Å². The number of hydrogen-bond acceptors (Lipinski definition) is 8. The number of hydrogen-bond donors (Lipinski definition) is 1. The van der Waals surface area contributed by atoms with Crippen LogP contribution in [0.5, 0.6) is 23.0 Å². The number of carbonyl (C=O) groups is 2. The van der Waals surface area contributed by atoms with E-state index in [1.54, 1.807) is 19.1 Å². The Hall–Kier alpha value is -3.97. The smallest absolute Gasteiger partial charge is 0.265 e. The Bertz CT molecular complexity index is 1580. The zero-order valence-corrected chi connectivity index (χ0v) is 28.7. The molecule has 0 aliphatic heterocycles. The lowest BCUT2D eigenvalue weighted by Gasteiger charge is -2.32. The van der Waals surface area contributed by atoms with Gasteiger partial charge in [-0.05, 0) is 55.3 Å². The maximum atomic E-state index is 14.4. The highest BCUT2D eigenvalue weighted by Gasteiger charge is 2.34. The summed E-state index contributed by atoms with van der Waals surface area (Å²) in [5, 5.41) is 2.88. The first-order valence-corrected chi connectivity index (χ1v) is 16.5. The van der Waals surface area contributed by atoms with Gasteiger partial charge >= 0.3 is 0 Å². The molecule has 1 N–H and O–H groups in total. The van der Waals surface area contributed by atoms with E-state index in [-0.39, 0.29) is 34.5 Å². The van der Waals surface area contributed by atoms with E-state index in [2.05, 4.69) is 21.2 Å². The zero-order valence-electron chi connectivity index (χ0n) is 26.3. The Morgan fingerprint density at radius 1 is 0.889 bits per heavy atom. The number of methoxy groups -OCH3 is 4. The SMILES string of the molecule is CCCCNC(=O)[C@H](C)N(Cc1cccc(Br)c1)C(=O)CN(c1cc(OC)ccc1OC)S(=O)(=O)c1ccc(OC)c(OC)c1. The van der Waals surface area contributed by atoms with Gasteiger partial charge in [0.05, 0.1) is 39.0 Å². The van der Waals surface area contributed by atoms with Crippen molar-refractivity contribution in [3.8, 4) is 23.0 Å². The van der Waals surface area contributed by atoms with Crippen molar-refractivity contribution in [1.82, 2.24) is 10.2 Å². The molecular formula is C32H40BrN3O8S. The van der Waals surface area contributed by atoms with Gasteiger partial charge in [0.25, 0.3) is 10.0 Å². The summed E-state index contributed by atoms with van der Waals surface area (Å²) in [4.78, 5) is 28.7. The first kappa shape index (κ1) is 35.5. The van der Waals surface area contributed by atoms with Gasteiger partial charge in [-0.15, -0.1) is 0 Å². The van der Waals surface area contributed by atoms with Crippen molar-refractivity contribution in [2.24, 2.45) is 0 Å². The van der Waals surface area contributed by atoms with Crippen molar-refractivity contribution >= 4 is 43.5 Å². The van der Waals surface area contributed by atoms with Crippen molar-refractivity contribution in [3.63, 3.8) is 0 Å². The molecule has 0 saturated carbocycles. The zero-order chi connectivity index (χ0) is 33.1. The summed E-state index contributed by atoms with van der Waals surface area (Å²) in [6, 6.07) is 15.2. The predicted octanol–water partition coefficient (Wildman–Crippen LogP) is 5.01. The lowest BCUT2D eigenvalue weighted by molar-refractivity contribution is -0.139. The monoisotopic (exact) mass is 705 g/mol. The predicted molar refractivity (Wildman–Crippen MR) is 176 cm³/mol. The van der Waals surface area contributed by atoms with Crippen LogP contribution >= 0.6 is 15.9 Å². The molecule has 0 heterocycles. The average Bonchev–Trinajstić information content (AvgIpc) is 3.04. The van der Waals surface area contributed by atoms with Crippen molar-refractivity contribution in [1.29, 1.82) is 0 Å². The highest BCUT2D eigenvalue weighted by atomic mass is 79.9. The largest absolute Gasteiger partial charge is 0.497 e. The third-order valence-corrected chi connectivity index (χ3v) is 9.36. The first-order chi connectivity index (χ1) is 21.5. The van der Waals surface area contributed by atoms with Crippen molar-refractivity contribution in [3.05, 3.63) is 70.7 Å². The molecule has 0 aliphatic rings. The van der Waals surface area contributed by atoms with Crippen LogP contribution in [-0.2, 0) is 26.2 Å². The summed E-state index contributed by atoms with van der Waals surface area (Å²) in [6.07, 6.45) is 1.67. The molecule has 0 saturated heterocycles. The van der Waals surface area contributed by atoms with Gasteiger partial charge in [-0.25, -0.2) is 8.42 Å². The molecule has 3 aromatic carbocycles. The second kappa shape index (κ2) is 16.4. The first-order valence-electron chi connectivity index (χ1n) is 14.3. The van der Waals surface area contributed by atoms with Crippen LogP contribution in [0.15, 0.2) is 70.0 Å². The van der Waals surface area contributed by atoms with E-state index in [1.165, 1.54) is 57.6 Å². The lowest BCUT2D eigenvalue weighted by Crippen LogP contribution is -2.51. The minimum absolute atomic E-state index is 0.0557. The molecule has 2 amide bonds. The third kappa shape index (κ3) is 8.82. The second-order valence-electron chi connectivity index (χ2n) is 10.0. The highest BCUT2D eigenvalue weighted by Crippen LogP contribution is 2.37. The Morgan fingerprint density at radius 2 is 1.58 bits per heavy atom. The van der Waals surface area contributed by atoms with E-state index in [1.807, 2.05) is 31.2 Å². The molecule has 0 unspecified atom stereocenters. The van der Waals surface area contributed by atoms with E-state index in [0.29, 0.717) is 18.0 Å². The molecule has 3 rings (SSSR count). The fraction of sp³-hybridized carbons (Fsp3) is 0.375. The van der Waals surface area contributed by atoms with Gasteiger partial charge in [-0.3, -0.25) is 13.9 Å². The number of sulfonamides is 1. The molecule has 45 heavy (non-hydrogen) atoms. The molecule has 0 radical (unpaired) electrons. The number of ether oxygens (including phenoxy) is 4. The van der Waals surface area contributed by atoms with Crippen molar-refractivity contribution in [2.45, 2.75) is 44.2 Å². The fourth-order valence-electron chi connectivity index (χ4n) is 4.56. The number of nitrogens with one attached hydrogen (secondary N) is 1. The van der Waals surface area contributed by atoms with Gasteiger partial charge in [-0.1, -0.05) is 41.4 Å². The highest BCUT2D eigenvalue weighted by molar-refractivity contribution is 9.10. The van der Waals surface area contributed by atoms with E-state index in [4.69, 9.17) is 18.9 Å². The van der Waals surface area contributed by atoms with E-state index in [0.717, 1.165) is 27.2 Å².